The van der Waals surface area contributed by atoms with Gasteiger partial charge in [-0.3, -0.25) is 9.69 Å². The Morgan fingerprint density at radius 3 is 3.05 bits per heavy atom. The van der Waals surface area contributed by atoms with Gasteiger partial charge in [0.25, 0.3) is 0 Å². The maximum absolute atomic E-state index is 11.2. The number of H-pyrrole nitrogens is 1. The van der Waals surface area contributed by atoms with E-state index < -0.39 is 12.0 Å². The minimum atomic E-state index is -0.768. The minimum absolute atomic E-state index is 0.375. The number of piperidine rings is 1. The maximum Gasteiger partial charge on any atom is 0.307 e. The Kier molecular flexibility index (Phi) is 3.63. The monoisotopic (exact) mass is 283 g/mol. The van der Waals surface area contributed by atoms with Crippen molar-refractivity contribution in [2.75, 3.05) is 13.1 Å². The number of hydrogen-bond acceptors (Lipinski definition) is 3. The molecule has 2 unspecified atom stereocenters. The van der Waals surface area contributed by atoms with Gasteiger partial charge in [-0.05, 0) is 25.5 Å². The molecule has 1 aromatic carbocycles. The van der Waals surface area contributed by atoms with E-state index in [2.05, 4.69) is 11.1 Å². The fourth-order valence-corrected chi connectivity index (χ4v) is 3.11. The molecule has 1 aromatic heterocycles. The number of benzene rings is 1. The van der Waals surface area contributed by atoms with E-state index in [4.69, 9.17) is 0 Å². The number of likely N-dealkylation sites (tertiary alicyclic amines) is 1. The Labute approximate surface area is 122 Å². The van der Waals surface area contributed by atoms with Gasteiger partial charge >= 0.3 is 5.97 Å². The summed E-state index contributed by atoms with van der Waals surface area (Å²) in [7, 11) is 0. The zero-order valence-corrected chi connectivity index (χ0v) is 11.6. The molecule has 0 saturated carbocycles. The zero-order valence-electron chi connectivity index (χ0n) is 11.6. The van der Waals surface area contributed by atoms with Crippen molar-refractivity contribution in [1.29, 1.82) is 5.26 Å². The number of nitrogens with zero attached hydrogens (tertiary/aromatic N) is 2. The number of fused-ring (bicyclic) bond motifs is 1. The third-order valence-electron chi connectivity index (χ3n) is 4.21. The summed E-state index contributed by atoms with van der Waals surface area (Å²) in [6.07, 6.45) is 3.37. The predicted octanol–water partition coefficient (Wildman–Crippen LogP) is 2.53. The quantitative estimate of drug-likeness (QED) is 0.907. The molecular formula is C16H17N3O2. The first-order chi connectivity index (χ1) is 10.2. The van der Waals surface area contributed by atoms with E-state index in [9.17, 15) is 15.2 Å². The Morgan fingerprint density at radius 1 is 1.48 bits per heavy atom. The van der Waals surface area contributed by atoms with Gasteiger partial charge in [0.2, 0.25) is 0 Å². The number of nitriles is 1. The first-order valence-electron chi connectivity index (χ1n) is 7.13. The lowest BCUT2D eigenvalue weighted by Crippen LogP contribution is -2.40. The van der Waals surface area contributed by atoms with Gasteiger partial charge in [0.05, 0.1) is 12.0 Å². The molecule has 0 amide bonds. The van der Waals surface area contributed by atoms with E-state index in [1.54, 1.807) is 0 Å². The average molecular weight is 283 g/mol. The first kappa shape index (κ1) is 13.7. The van der Waals surface area contributed by atoms with Crippen LogP contribution in [0.25, 0.3) is 10.9 Å². The standard InChI is InChI=1S/C16H17N3O2/c17-8-15(19-7-3-4-11(10-19)16(20)21)13-9-18-14-6-2-1-5-12(13)14/h1-2,5-6,9,11,15,18H,3-4,7,10H2,(H,20,21). The summed E-state index contributed by atoms with van der Waals surface area (Å²) in [6, 6.07) is 9.80. The maximum atomic E-state index is 11.2. The molecule has 0 bridgehead atoms. The molecule has 0 radical (unpaired) electrons. The second-order valence-electron chi connectivity index (χ2n) is 5.49. The Bertz CT molecular complexity index is 701. The Hall–Kier alpha value is -2.32. The molecule has 0 aliphatic carbocycles. The van der Waals surface area contributed by atoms with Crippen LogP contribution in [0, 0.1) is 17.2 Å². The van der Waals surface area contributed by atoms with E-state index in [1.807, 2.05) is 35.4 Å². The summed E-state index contributed by atoms with van der Waals surface area (Å²) >= 11 is 0. The van der Waals surface area contributed by atoms with Gasteiger partial charge in [0.1, 0.15) is 6.04 Å². The van der Waals surface area contributed by atoms with Crippen LogP contribution in [-0.2, 0) is 4.79 Å². The third kappa shape index (κ3) is 2.50. The summed E-state index contributed by atoms with van der Waals surface area (Å²) in [5, 5.41) is 19.8. The molecule has 1 saturated heterocycles. The highest BCUT2D eigenvalue weighted by molar-refractivity contribution is 5.84. The van der Waals surface area contributed by atoms with E-state index in [1.165, 1.54) is 0 Å². The number of rotatable bonds is 3. The summed E-state index contributed by atoms with van der Waals surface area (Å²) in [6.45, 7) is 1.20. The van der Waals surface area contributed by atoms with Crippen LogP contribution >= 0.6 is 0 Å². The van der Waals surface area contributed by atoms with Gasteiger partial charge < -0.3 is 10.1 Å². The summed E-state index contributed by atoms with van der Waals surface area (Å²) in [4.78, 5) is 16.4. The fourth-order valence-electron chi connectivity index (χ4n) is 3.11. The van der Waals surface area contributed by atoms with Crippen LogP contribution in [0.2, 0.25) is 0 Å². The topological polar surface area (TPSA) is 80.1 Å². The van der Waals surface area contributed by atoms with Crippen LogP contribution in [0.1, 0.15) is 24.4 Å². The number of carboxylic acids is 1. The molecule has 2 atom stereocenters. The molecule has 5 heteroatoms. The lowest BCUT2D eigenvalue weighted by molar-refractivity contribution is -0.143. The Morgan fingerprint density at radius 2 is 2.29 bits per heavy atom. The predicted molar refractivity (Wildman–Crippen MR) is 78.6 cm³/mol. The SMILES string of the molecule is N#CC(c1c[nH]c2ccccc12)N1CCCC(C(=O)O)C1. The van der Waals surface area contributed by atoms with Crippen LogP contribution in [0.3, 0.4) is 0 Å². The van der Waals surface area contributed by atoms with Gasteiger partial charge in [0.15, 0.2) is 0 Å². The third-order valence-corrected chi connectivity index (χ3v) is 4.21. The molecule has 2 aromatic rings. The molecule has 1 fully saturated rings. The minimum Gasteiger partial charge on any atom is -0.481 e. The van der Waals surface area contributed by atoms with Crippen molar-refractivity contribution in [3.8, 4) is 6.07 Å². The number of hydrogen-bond donors (Lipinski definition) is 2. The second-order valence-corrected chi connectivity index (χ2v) is 5.49. The van der Waals surface area contributed by atoms with Crippen molar-refractivity contribution in [3.05, 3.63) is 36.0 Å². The van der Waals surface area contributed by atoms with Crippen molar-refractivity contribution in [2.45, 2.75) is 18.9 Å². The lowest BCUT2D eigenvalue weighted by Gasteiger charge is -2.33. The van der Waals surface area contributed by atoms with Crippen LogP contribution in [-0.4, -0.2) is 34.0 Å². The zero-order chi connectivity index (χ0) is 14.8. The second kappa shape index (κ2) is 5.58. The largest absolute Gasteiger partial charge is 0.481 e. The van der Waals surface area contributed by atoms with Crippen molar-refractivity contribution in [2.24, 2.45) is 5.92 Å². The fraction of sp³-hybridized carbons (Fsp3) is 0.375. The number of carbonyl (C=O) groups is 1. The highest BCUT2D eigenvalue weighted by Crippen LogP contribution is 2.31. The molecule has 5 nitrogen and oxygen atoms in total. The van der Waals surface area contributed by atoms with Crippen LogP contribution in [0.4, 0.5) is 0 Å². The number of para-hydroxylation sites is 1. The van der Waals surface area contributed by atoms with Crippen LogP contribution in [0.15, 0.2) is 30.5 Å². The lowest BCUT2D eigenvalue weighted by atomic mass is 9.95. The molecule has 1 aliphatic heterocycles. The number of aromatic amines is 1. The normalized spacial score (nSPS) is 21.0. The van der Waals surface area contributed by atoms with Crippen molar-refractivity contribution < 1.29 is 9.90 Å². The van der Waals surface area contributed by atoms with Crippen molar-refractivity contribution in [1.82, 2.24) is 9.88 Å². The first-order valence-corrected chi connectivity index (χ1v) is 7.13. The number of aliphatic carboxylic acids is 1. The smallest absolute Gasteiger partial charge is 0.307 e. The van der Waals surface area contributed by atoms with E-state index >= 15 is 0 Å². The van der Waals surface area contributed by atoms with Gasteiger partial charge in [-0.15, -0.1) is 0 Å². The molecule has 108 valence electrons. The molecule has 2 N–H and O–H groups in total. The summed E-state index contributed by atoms with van der Waals surface area (Å²) in [5.41, 5.74) is 1.93. The summed E-state index contributed by atoms with van der Waals surface area (Å²) in [5.74, 6) is -1.14. The van der Waals surface area contributed by atoms with Crippen molar-refractivity contribution in [3.63, 3.8) is 0 Å². The van der Waals surface area contributed by atoms with Crippen LogP contribution < -0.4 is 0 Å². The molecule has 21 heavy (non-hydrogen) atoms. The number of carboxylic acid groups (broad SMARTS) is 1. The highest BCUT2D eigenvalue weighted by atomic mass is 16.4. The van der Waals surface area contributed by atoms with Gasteiger partial charge in [0, 0.05) is 29.2 Å². The molecular weight excluding hydrogens is 266 g/mol. The summed E-state index contributed by atoms with van der Waals surface area (Å²) < 4.78 is 0. The number of aromatic nitrogens is 1. The van der Waals surface area contributed by atoms with E-state index in [-0.39, 0.29) is 5.92 Å². The van der Waals surface area contributed by atoms with Gasteiger partial charge in [-0.25, -0.2) is 0 Å². The Balaban J connectivity index is 1.91. The molecule has 0 spiro atoms. The van der Waals surface area contributed by atoms with Gasteiger partial charge in [-0.1, -0.05) is 18.2 Å². The van der Waals surface area contributed by atoms with Crippen molar-refractivity contribution >= 4 is 16.9 Å². The number of nitrogens with one attached hydrogen (secondary N) is 1. The van der Waals surface area contributed by atoms with E-state index in [0.29, 0.717) is 13.0 Å². The molecule has 1 aliphatic rings. The molecule has 3 rings (SSSR count). The van der Waals surface area contributed by atoms with Gasteiger partial charge in [-0.2, -0.15) is 5.26 Å². The molecule has 2 heterocycles. The average Bonchev–Trinajstić information content (AvgIpc) is 2.93. The van der Waals surface area contributed by atoms with Crippen LogP contribution in [0.5, 0.6) is 0 Å². The highest BCUT2D eigenvalue weighted by Gasteiger charge is 2.31. The van der Waals surface area contributed by atoms with E-state index in [0.717, 1.165) is 29.4 Å².